The van der Waals surface area contributed by atoms with Gasteiger partial charge < -0.3 is 26.5 Å². The van der Waals surface area contributed by atoms with Crippen LogP contribution < -0.4 is 11.9 Å². The molecule has 0 aliphatic heterocycles. The molecule has 6 N–H and O–H groups in total. The van der Waals surface area contributed by atoms with Gasteiger partial charge in [0.2, 0.25) is 0 Å². The van der Waals surface area contributed by atoms with Crippen molar-refractivity contribution < 1.29 is 33.0 Å². The van der Waals surface area contributed by atoms with E-state index in [-0.39, 0.29) is 22.7 Å². The molecule has 27 heavy (non-hydrogen) atoms. The largest absolute Gasteiger partial charge is 0.465 e. The van der Waals surface area contributed by atoms with Crippen molar-refractivity contribution in [3.63, 3.8) is 0 Å². The maximum absolute atomic E-state index is 12.7. The Labute approximate surface area is 171 Å². The molecule has 0 aromatic carbocycles. The lowest BCUT2D eigenvalue weighted by molar-refractivity contribution is 0.0596. The number of carbonyl (C=O) groups excluding carboxylic acids is 2. The monoisotopic (exact) mass is 490 g/mol. The lowest BCUT2D eigenvalue weighted by atomic mass is 10.2. The number of carbonyl (C=O) groups is 2. The Bertz CT molecular complexity index is 665. The van der Waals surface area contributed by atoms with Gasteiger partial charge in [0.15, 0.2) is 10.3 Å². The molecule has 0 saturated heterocycles. The van der Waals surface area contributed by atoms with Gasteiger partial charge in [-0.05, 0) is 23.3 Å². The van der Waals surface area contributed by atoms with Gasteiger partial charge in [-0.3, -0.25) is 0 Å². The summed E-state index contributed by atoms with van der Waals surface area (Å²) in [6.45, 7) is 0.144. The van der Waals surface area contributed by atoms with Gasteiger partial charge in [-0.15, -0.1) is 0 Å². The fourth-order valence-corrected chi connectivity index (χ4v) is 3.86. The number of hydrogen-bond donors (Lipinski definition) is 3. The smallest absolute Gasteiger partial charge is 0.348 e. The highest BCUT2D eigenvalue weighted by atomic mass is 79.9. The van der Waals surface area contributed by atoms with Gasteiger partial charge >= 0.3 is 11.9 Å². The predicted octanol–water partition coefficient (Wildman–Crippen LogP) is 3.47. The van der Waals surface area contributed by atoms with Crippen LogP contribution in [0, 0.1) is 10.3 Å². The predicted molar refractivity (Wildman–Crippen MR) is 105 cm³/mol. The first-order valence-corrected chi connectivity index (χ1v) is 9.57. The molecule has 0 saturated carbocycles. The third-order valence-corrected chi connectivity index (χ3v) is 5.16. The van der Waals surface area contributed by atoms with Gasteiger partial charge in [-0.2, -0.15) is 8.78 Å². The van der Waals surface area contributed by atoms with Gasteiger partial charge in [-0.1, -0.05) is 38.6 Å². The van der Waals surface area contributed by atoms with Gasteiger partial charge in [0, 0.05) is 19.0 Å². The van der Waals surface area contributed by atoms with Gasteiger partial charge in [0.25, 0.3) is 0 Å². The van der Waals surface area contributed by atoms with E-state index in [2.05, 4.69) is 25.4 Å². The van der Waals surface area contributed by atoms with E-state index < -0.39 is 17.1 Å². The number of esters is 2. The lowest BCUT2D eigenvalue weighted by Gasteiger charge is -1.96. The third-order valence-electron chi connectivity index (χ3n) is 2.66. The number of nitrogens with two attached hydrogens (primary N) is 1. The molecule has 0 radical (unpaired) electrons. The van der Waals surface area contributed by atoms with E-state index in [4.69, 9.17) is 10.8 Å². The van der Waals surface area contributed by atoms with Gasteiger partial charge in [0.05, 0.1) is 14.2 Å². The molecule has 2 aromatic heterocycles. The van der Waals surface area contributed by atoms with Crippen LogP contribution in [0.3, 0.4) is 0 Å². The van der Waals surface area contributed by atoms with E-state index in [9.17, 15) is 18.4 Å². The number of methoxy groups -OCH3 is 2. The van der Waals surface area contributed by atoms with Gasteiger partial charge in [0.1, 0.15) is 9.75 Å². The molecule has 0 fully saturated rings. The van der Waals surface area contributed by atoms with E-state index in [1.165, 1.54) is 26.4 Å². The average molecular weight is 491 g/mol. The summed E-state index contributed by atoms with van der Waals surface area (Å²) >= 11 is 4.70. The van der Waals surface area contributed by atoms with Crippen molar-refractivity contribution in [1.82, 2.24) is 6.15 Å². The Morgan fingerprint density at radius 1 is 1.04 bits per heavy atom. The topological polar surface area (TPSA) is 134 Å². The molecule has 0 aliphatic rings. The van der Waals surface area contributed by atoms with E-state index in [1.807, 2.05) is 0 Å². The van der Waals surface area contributed by atoms with Crippen LogP contribution in [0.5, 0.6) is 0 Å². The van der Waals surface area contributed by atoms with Crippen LogP contribution >= 0.6 is 38.6 Å². The van der Waals surface area contributed by atoms with Crippen molar-refractivity contribution in [2.24, 2.45) is 5.73 Å². The lowest BCUT2D eigenvalue weighted by Crippen LogP contribution is -2.05. The Balaban J connectivity index is 0. The number of thiophene rings is 2. The second kappa shape index (κ2) is 14.6. The van der Waals surface area contributed by atoms with Crippen molar-refractivity contribution in [1.29, 1.82) is 0 Å². The van der Waals surface area contributed by atoms with E-state index in [1.54, 1.807) is 0 Å². The summed E-state index contributed by atoms with van der Waals surface area (Å²) in [5.74, 6) is -1.03. The molecule has 2 heterocycles. The number of aliphatic hydroxyl groups excluding tert-OH is 1. The molecule has 0 bridgehead atoms. The van der Waals surface area contributed by atoms with Crippen molar-refractivity contribution in [3.05, 3.63) is 43.3 Å². The van der Waals surface area contributed by atoms with Crippen molar-refractivity contribution >= 4 is 50.5 Å². The summed E-state index contributed by atoms with van der Waals surface area (Å²) in [7, 11) is 3.53. The van der Waals surface area contributed by atoms with Gasteiger partial charge in [-0.25, -0.2) is 9.59 Å². The van der Waals surface area contributed by atoms with E-state index in [0.29, 0.717) is 21.3 Å². The standard InChI is InChI=1S/C7H6BrFO2S.C7H8FNO2S.CH4O.H3N/c1-11-7(10)6-4(3-8)2-5(9)12-6;1-11-7(10)6-4(3-9)2-5(8)12-6;1-2;/h2H,3H2,1H3;2H,3,9H2,1H3;2H,1H3;1H3. The maximum atomic E-state index is 12.7. The zero-order valence-electron chi connectivity index (χ0n) is 14.9. The van der Waals surface area contributed by atoms with Crippen molar-refractivity contribution in [2.75, 3.05) is 21.3 Å². The molecule has 0 unspecified atom stereocenters. The minimum atomic E-state index is -0.538. The molecule has 2 aromatic rings. The second-order valence-electron chi connectivity index (χ2n) is 4.13. The number of ether oxygens (including phenoxy) is 2. The second-order valence-corrected chi connectivity index (χ2v) is 6.70. The first kappa shape index (κ1) is 27.8. The fraction of sp³-hybridized carbons (Fsp3) is 0.333. The molecule has 154 valence electrons. The Morgan fingerprint density at radius 2 is 1.41 bits per heavy atom. The highest BCUT2D eigenvalue weighted by molar-refractivity contribution is 9.08. The highest BCUT2D eigenvalue weighted by Crippen LogP contribution is 2.24. The number of aliphatic hydroxyl groups is 1. The summed E-state index contributed by atoms with van der Waals surface area (Å²) in [5, 5.41) is 6.67. The Morgan fingerprint density at radius 3 is 1.74 bits per heavy atom. The summed E-state index contributed by atoms with van der Waals surface area (Å²) in [6, 6.07) is 2.57. The average Bonchev–Trinajstić information content (AvgIpc) is 3.24. The summed E-state index contributed by atoms with van der Waals surface area (Å²) in [6.07, 6.45) is 0. The molecule has 12 heteroatoms. The summed E-state index contributed by atoms with van der Waals surface area (Å²) < 4.78 is 34.2. The van der Waals surface area contributed by atoms with Crippen LogP contribution in [0.25, 0.3) is 0 Å². The van der Waals surface area contributed by atoms with Crippen LogP contribution in [0.1, 0.15) is 30.5 Å². The zero-order chi connectivity index (χ0) is 20.3. The fourth-order valence-electron chi connectivity index (χ4n) is 1.57. The Kier molecular flexibility index (Phi) is 15.0. The summed E-state index contributed by atoms with van der Waals surface area (Å²) in [4.78, 5) is 22.6. The van der Waals surface area contributed by atoms with Crippen LogP contribution in [-0.4, -0.2) is 38.4 Å². The highest BCUT2D eigenvalue weighted by Gasteiger charge is 2.16. The van der Waals surface area contributed by atoms with Crippen molar-refractivity contribution in [3.8, 4) is 0 Å². The molecule has 0 atom stereocenters. The quantitative estimate of drug-likeness (QED) is 0.441. The number of alkyl halides is 1. The molecule has 7 nitrogen and oxygen atoms in total. The van der Waals surface area contributed by atoms with E-state index in [0.717, 1.165) is 29.8 Å². The molecular weight excluding hydrogens is 470 g/mol. The Hall–Kier alpha value is -1.44. The van der Waals surface area contributed by atoms with E-state index >= 15 is 0 Å². The molecular formula is C15H21BrF2N2O5S2. The van der Waals surface area contributed by atoms with Crippen LogP contribution in [-0.2, 0) is 21.3 Å². The SMILES string of the molecule is CO.COC(=O)c1sc(F)cc1CBr.COC(=O)c1sc(F)cc1CN.N. The van der Waals surface area contributed by atoms with Crippen molar-refractivity contribution in [2.45, 2.75) is 11.9 Å². The minimum absolute atomic E-state index is 0. The number of hydrogen-bond acceptors (Lipinski definition) is 9. The first-order chi connectivity index (χ1) is 12.4. The molecule has 0 amide bonds. The maximum Gasteiger partial charge on any atom is 0.348 e. The molecule has 0 spiro atoms. The zero-order valence-corrected chi connectivity index (χ0v) is 18.1. The normalized spacial score (nSPS) is 9.04. The molecule has 2 rings (SSSR count). The first-order valence-electron chi connectivity index (χ1n) is 6.81. The van der Waals surface area contributed by atoms with Crippen LogP contribution in [0.4, 0.5) is 8.78 Å². The minimum Gasteiger partial charge on any atom is -0.465 e. The third kappa shape index (κ3) is 8.41. The number of halogens is 3. The summed E-state index contributed by atoms with van der Waals surface area (Å²) in [5.41, 5.74) is 6.41. The number of rotatable bonds is 4. The van der Waals surface area contributed by atoms with Crippen LogP contribution in [0.15, 0.2) is 12.1 Å². The van der Waals surface area contributed by atoms with Crippen LogP contribution in [0.2, 0.25) is 0 Å². The molecule has 0 aliphatic carbocycles.